The summed E-state index contributed by atoms with van der Waals surface area (Å²) in [5.74, 6) is -0.891. The van der Waals surface area contributed by atoms with E-state index in [0.717, 1.165) is 0 Å². The van der Waals surface area contributed by atoms with Crippen LogP contribution in [0.1, 0.15) is 53.9 Å². The van der Waals surface area contributed by atoms with Crippen molar-refractivity contribution in [3.05, 3.63) is 0 Å². The van der Waals surface area contributed by atoms with Crippen molar-refractivity contribution < 1.29 is 28.7 Å². The van der Waals surface area contributed by atoms with Crippen molar-refractivity contribution in [3.63, 3.8) is 0 Å². The van der Waals surface area contributed by atoms with Crippen LogP contribution in [0.3, 0.4) is 0 Å². The molecule has 0 unspecified atom stereocenters. The van der Waals surface area contributed by atoms with Gasteiger partial charge in [-0.05, 0) is 53.9 Å². The fraction of sp³-hybridized carbons (Fsp3) is 0.800. The van der Waals surface area contributed by atoms with Gasteiger partial charge in [0.15, 0.2) is 0 Å². The molecule has 2 heterocycles. The molecule has 2 aliphatic heterocycles. The summed E-state index contributed by atoms with van der Waals surface area (Å²) < 4.78 is 10.2. The highest BCUT2D eigenvalue weighted by Crippen LogP contribution is 2.30. The minimum Gasteiger partial charge on any atom is -0.467 e. The van der Waals surface area contributed by atoms with Crippen LogP contribution in [-0.4, -0.2) is 83.8 Å². The molecule has 0 aromatic heterocycles. The van der Waals surface area contributed by atoms with E-state index in [1.54, 1.807) is 20.8 Å². The molecule has 30 heavy (non-hydrogen) atoms. The number of amides is 4. The molecule has 4 amide bonds. The van der Waals surface area contributed by atoms with Gasteiger partial charge in [-0.15, -0.1) is 0 Å². The Hall–Kier alpha value is -2.52. The molecule has 3 atom stereocenters. The Labute approximate surface area is 177 Å². The van der Waals surface area contributed by atoms with Crippen LogP contribution >= 0.6 is 0 Å². The molecule has 0 aliphatic carbocycles. The highest BCUT2D eigenvalue weighted by molar-refractivity contribution is 5.91. The van der Waals surface area contributed by atoms with Crippen LogP contribution in [0.4, 0.5) is 9.59 Å². The van der Waals surface area contributed by atoms with Gasteiger partial charge in [0.05, 0.1) is 13.7 Å². The molecule has 0 spiro atoms. The van der Waals surface area contributed by atoms with Crippen LogP contribution in [0, 0.1) is 0 Å². The molecule has 0 saturated carbocycles. The van der Waals surface area contributed by atoms with Gasteiger partial charge in [0.25, 0.3) is 0 Å². The smallest absolute Gasteiger partial charge is 0.408 e. The van der Waals surface area contributed by atoms with Crippen molar-refractivity contribution in [1.29, 1.82) is 0 Å². The maximum Gasteiger partial charge on any atom is 0.408 e. The molecule has 0 aromatic carbocycles. The molecule has 0 radical (unpaired) electrons. The van der Waals surface area contributed by atoms with Gasteiger partial charge in [-0.25, -0.2) is 14.4 Å². The zero-order chi connectivity index (χ0) is 22.6. The predicted molar refractivity (Wildman–Crippen MR) is 109 cm³/mol. The second-order valence-electron chi connectivity index (χ2n) is 9.05. The Balaban J connectivity index is 2.28. The van der Waals surface area contributed by atoms with Gasteiger partial charge in [0, 0.05) is 18.6 Å². The minimum absolute atomic E-state index is 0.0201. The standard InChI is InChI=1S/C20H34N4O6/c1-12(2)21-18(27)23-10-9-13-7-8-15(17(26)29-6)24(13)16(25)14(11-23)22-19(28)30-20(3,4)5/h12-15H,7-11H2,1-6H3,(H,21,27)(H,22,28)/t13-,14+,15+/m1/s1. The summed E-state index contributed by atoms with van der Waals surface area (Å²) in [6.07, 6.45) is 0.908. The summed E-state index contributed by atoms with van der Waals surface area (Å²) >= 11 is 0. The van der Waals surface area contributed by atoms with Crippen LogP contribution < -0.4 is 10.6 Å². The number of carbonyl (C=O) groups is 4. The monoisotopic (exact) mass is 426 g/mol. The van der Waals surface area contributed by atoms with Gasteiger partial charge in [0.1, 0.15) is 17.7 Å². The number of fused-ring (bicyclic) bond motifs is 1. The number of nitrogens with one attached hydrogen (secondary N) is 2. The molecule has 10 nitrogen and oxygen atoms in total. The Morgan fingerprint density at radius 1 is 1.13 bits per heavy atom. The Bertz CT molecular complexity index is 675. The number of methoxy groups -OCH3 is 1. The lowest BCUT2D eigenvalue weighted by atomic mass is 10.1. The second-order valence-corrected chi connectivity index (χ2v) is 9.05. The third kappa shape index (κ3) is 5.99. The van der Waals surface area contributed by atoms with E-state index in [0.29, 0.717) is 25.8 Å². The summed E-state index contributed by atoms with van der Waals surface area (Å²) in [5.41, 5.74) is -0.742. The Morgan fingerprint density at radius 3 is 2.37 bits per heavy atom. The lowest BCUT2D eigenvalue weighted by molar-refractivity contribution is -0.153. The first-order valence-corrected chi connectivity index (χ1v) is 10.4. The first-order valence-electron chi connectivity index (χ1n) is 10.4. The van der Waals surface area contributed by atoms with Crippen molar-refractivity contribution in [3.8, 4) is 0 Å². The molecule has 0 aromatic rings. The van der Waals surface area contributed by atoms with Crippen molar-refractivity contribution in [2.24, 2.45) is 0 Å². The average molecular weight is 427 g/mol. The first kappa shape index (κ1) is 23.8. The van der Waals surface area contributed by atoms with Crippen molar-refractivity contribution in [2.75, 3.05) is 20.2 Å². The van der Waals surface area contributed by atoms with Gasteiger partial charge >= 0.3 is 18.1 Å². The molecule has 2 saturated heterocycles. The molecular formula is C20H34N4O6. The molecule has 2 N–H and O–H groups in total. The van der Waals surface area contributed by atoms with E-state index in [4.69, 9.17) is 9.47 Å². The largest absolute Gasteiger partial charge is 0.467 e. The summed E-state index contributed by atoms with van der Waals surface area (Å²) in [6, 6.07) is -2.30. The predicted octanol–water partition coefficient (Wildman–Crippen LogP) is 1.24. The molecule has 10 heteroatoms. The van der Waals surface area contributed by atoms with E-state index < -0.39 is 35.7 Å². The summed E-state index contributed by atoms with van der Waals surface area (Å²) in [4.78, 5) is 53.7. The van der Waals surface area contributed by atoms with E-state index in [9.17, 15) is 19.2 Å². The Kier molecular flexibility index (Phi) is 7.54. The number of rotatable bonds is 3. The number of esters is 1. The summed E-state index contributed by atoms with van der Waals surface area (Å²) in [6.45, 7) is 9.24. The molecule has 2 aliphatic rings. The van der Waals surface area contributed by atoms with Gasteiger partial charge in [-0.3, -0.25) is 4.79 Å². The minimum atomic E-state index is -1.04. The lowest BCUT2D eigenvalue weighted by Crippen LogP contribution is -2.61. The number of nitrogens with zero attached hydrogens (tertiary/aromatic N) is 2. The van der Waals surface area contributed by atoms with Gasteiger partial charge in [0.2, 0.25) is 5.91 Å². The third-order valence-electron chi connectivity index (χ3n) is 5.05. The first-order chi connectivity index (χ1) is 13.9. The second kappa shape index (κ2) is 9.53. The maximum atomic E-state index is 13.4. The highest BCUT2D eigenvalue weighted by atomic mass is 16.6. The zero-order valence-corrected chi connectivity index (χ0v) is 18.7. The van der Waals surface area contributed by atoms with E-state index in [2.05, 4.69) is 10.6 Å². The molecule has 2 fully saturated rings. The van der Waals surface area contributed by atoms with Crippen LogP contribution in [0.15, 0.2) is 0 Å². The maximum absolute atomic E-state index is 13.4. The number of alkyl carbamates (subject to hydrolysis) is 1. The van der Waals surface area contributed by atoms with Crippen LogP contribution in [-0.2, 0) is 19.1 Å². The Morgan fingerprint density at radius 2 is 1.80 bits per heavy atom. The normalized spacial score (nSPS) is 24.6. The zero-order valence-electron chi connectivity index (χ0n) is 18.7. The average Bonchev–Trinajstić information content (AvgIpc) is 3.02. The number of urea groups is 1. The lowest BCUT2D eigenvalue weighted by Gasteiger charge is -2.38. The highest BCUT2D eigenvalue weighted by Gasteiger charge is 2.46. The van der Waals surface area contributed by atoms with Gasteiger partial charge < -0.3 is 29.9 Å². The fourth-order valence-corrected chi connectivity index (χ4v) is 3.82. The summed E-state index contributed by atoms with van der Waals surface area (Å²) in [7, 11) is 1.29. The number of hydrogen-bond donors (Lipinski definition) is 2. The van der Waals surface area contributed by atoms with Gasteiger partial charge in [-0.1, -0.05) is 0 Å². The molecular weight excluding hydrogens is 392 g/mol. The van der Waals surface area contributed by atoms with Crippen LogP contribution in [0.5, 0.6) is 0 Å². The quantitative estimate of drug-likeness (QED) is 0.656. The van der Waals surface area contributed by atoms with E-state index in [1.807, 2.05) is 13.8 Å². The van der Waals surface area contributed by atoms with Crippen molar-refractivity contribution in [1.82, 2.24) is 20.4 Å². The molecule has 170 valence electrons. The fourth-order valence-electron chi connectivity index (χ4n) is 3.82. The SMILES string of the molecule is COC(=O)[C@@H]1CC[C@@H]2CCN(C(=O)NC(C)C)C[C@H](NC(=O)OC(C)(C)C)C(=O)N21. The van der Waals surface area contributed by atoms with Crippen molar-refractivity contribution >= 4 is 24.0 Å². The third-order valence-corrected chi connectivity index (χ3v) is 5.05. The van der Waals surface area contributed by atoms with E-state index in [-0.39, 0.29) is 24.7 Å². The van der Waals surface area contributed by atoms with Crippen LogP contribution in [0.2, 0.25) is 0 Å². The molecule has 0 bridgehead atoms. The molecule has 2 rings (SSSR count). The number of hydrogen-bond acceptors (Lipinski definition) is 6. The van der Waals surface area contributed by atoms with Gasteiger partial charge in [-0.2, -0.15) is 0 Å². The summed E-state index contributed by atoms with van der Waals surface area (Å²) in [5, 5.41) is 5.42. The van der Waals surface area contributed by atoms with Crippen LogP contribution in [0.25, 0.3) is 0 Å². The topological polar surface area (TPSA) is 117 Å². The number of carbonyl (C=O) groups excluding carboxylic acids is 4. The van der Waals surface area contributed by atoms with Crippen molar-refractivity contribution in [2.45, 2.75) is 83.6 Å². The number of ether oxygens (including phenoxy) is 2. The van der Waals surface area contributed by atoms with E-state index >= 15 is 0 Å². The van der Waals surface area contributed by atoms with E-state index in [1.165, 1.54) is 16.9 Å².